The van der Waals surface area contributed by atoms with E-state index < -0.39 is 23.1 Å². The van der Waals surface area contributed by atoms with Crippen molar-refractivity contribution in [1.29, 1.82) is 0 Å². The van der Waals surface area contributed by atoms with Crippen molar-refractivity contribution in [2.75, 3.05) is 59.0 Å². The van der Waals surface area contributed by atoms with Gasteiger partial charge in [0.25, 0.3) is 5.91 Å². The van der Waals surface area contributed by atoms with Crippen LogP contribution in [-0.4, -0.2) is 90.5 Å². The Morgan fingerprint density at radius 1 is 1.13 bits per heavy atom. The molecule has 0 aliphatic carbocycles. The Hall–Kier alpha value is -2.20. The van der Waals surface area contributed by atoms with Crippen molar-refractivity contribution in [3.05, 3.63) is 29.6 Å². The molecule has 10 heteroatoms. The molecule has 1 aromatic heterocycles. The highest BCUT2D eigenvalue weighted by molar-refractivity contribution is 5.94. The number of rotatable bonds is 4. The lowest BCUT2D eigenvalue weighted by atomic mass is 9.85. The molecule has 4 rings (SSSR count). The topological polar surface area (TPSA) is 66.0 Å². The first kappa shape index (κ1) is 21.0. The van der Waals surface area contributed by atoms with Crippen LogP contribution in [0.4, 0.5) is 13.2 Å². The highest BCUT2D eigenvalue weighted by Crippen LogP contribution is 2.41. The molecule has 1 aromatic rings. The van der Waals surface area contributed by atoms with Gasteiger partial charge >= 0.3 is 6.18 Å². The number of likely N-dealkylation sites (tertiary alicyclic amines) is 2. The molecule has 164 valence electrons. The highest BCUT2D eigenvalue weighted by atomic mass is 19.4. The first-order valence-electron chi connectivity index (χ1n) is 10.2. The summed E-state index contributed by atoms with van der Waals surface area (Å²) in [6, 6.07) is 1.62. The van der Waals surface area contributed by atoms with Gasteiger partial charge < -0.3 is 14.5 Å². The third-order valence-corrected chi connectivity index (χ3v) is 6.34. The average molecular weight is 426 g/mol. The van der Waals surface area contributed by atoms with Crippen LogP contribution in [0, 0.1) is 5.41 Å². The van der Waals surface area contributed by atoms with Crippen LogP contribution in [0.15, 0.2) is 18.3 Å². The molecule has 30 heavy (non-hydrogen) atoms. The minimum Gasteiger partial charge on any atom is -0.379 e. The predicted octanol–water partition coefficient (Wildman–Crippen LogP) is 1.50. The van der Waals surface area contributed by atoms with Gasteiger partial charge in [-0.05, 0) is 25.0 Å². The van der Waals surface area contributed by atoms with Crippen LogP contribution in [0.5, 0.6) is 0 Å². The van der Waals surface area contributed by atoms with E-state index in [1.807, 2.05) is 4.90 Å². The second kappa shape index (κ2) is 8.14. The summed E-state index contributed by atoms with van der Waals surface area (Å²) in [4.78, 5) is 35.2. The summed E-state index contributed by atoms with van der Waals surface area (Å²) in [5.74, 6) is -0.513. The van der Waals surface area contributed by atoms with Crippen molar-refractivity contribution in [3.63, 3.8) is 0 Å². The van der Waals surface area contributed by atoms with E-state index in [4.69, 9.17) is 4.74 Å². The van der Waals surface area contributed by atoms with Crippen LogP contribution in [0.1, 0.15) is 28.9 Å². The molecule has 3 aliphatic rings. The summed E-state index contributed by atoms with van der Waals surface area (Å²) in [5, 5.41) is 0. The third-order valence-electron chi connectivity index (χ3n) is 6.34. The minimum atomic E-state index is -4.54. The fourth-order valence-electron chi connectivity index (χ4n) is 4.50. The van der Waals surface area contributed by atoms with Gasteiger partial charge in [0.15, 0.2) is 0 Å². The zero-order chi connectivity index (χ0) is 21.4. The summed E-state index contributed by atoms with van der Waals surface area (Å²) in [6.07, 6.45) is -2.35. The molecule has 1 unspecified atom stereocenters. The number of hydrogen-bond acceptors (Lipinski definition) is 5. The Balaban J connectivity index is 1.37. The van der Waals surface area contributed by atoms with E-state index in [0.29, 0.717) is 45.7 Å². The van der Waals surface area contributed by atoms with Gasteiger partial charge in [0.05, 0.1) is 24.2 Å². The smallest absolute Gasteiger partial charge is 0.379 e. The van der Waals surface area contributed by atoms with E-state index in [9.17, 15) is 22.8 Å². The SMILES string of the molecule is O=C(c1cc(C(F)(F)F)ccn1)N1CCC2(CCN(CCN3CCOCC3)C2=O)C1. The maximum Gasteiger partial charge on any atom is 0.416 e. The zero-order valence-corrected chi connectivity index (χ0v) is 16.7. The Morgan fingerprint density at radius 2 is 1.87 bits per heavy atom. The first-order valence-corrected chi connectivity index (χ1v) is 10.2. The number of morpholine rings is 1. The van der Waals surface area contributed by atoms with Crippen LogP contribution in [-0.2, 0) is 15.7 Å². The molecule has 0 radical (unpaired) electrons. The largest absolute Gasteiger partial charge is 0.416 e. The van der Waals surface area contributed by atoms with E-state index in [2.05, 4.69) is 9.88 Å². The van der Waals surface area contributed by atoms with Crippen LogP contribution < -0.4 is 0 Å². The lowest BCUT2D eigenvalue weighted by Crippen LogP contribution is -2.44. The van der Waals surface area contributed by atoms with Gasteiger partial charge in [-0.15, -0.1) is 0 Å². The minimum absolute atomic E-state index is 0.0445. The van der Waals surface area contributed by atoms with E-state index in [1.165, 1.54) is 4.90 Å². The Bertz CT molecular complexity index is 813. The van der Waals surface area contributed by atoms with E-state index in [-0.39, 0.29) is 18.1 Å². The van der Waals surface area contributed by atoms with Gasteiger partial charge in [-0.3, -0.25) is 19.5 Å². The van der Waals surface area contributed by atoms with Gasteiger partial charge in [0, 0.05) is 52.0 Å². The molecule has 0 aromatic carbocycles. The van der Waals surface area contributed by atoms with Gasteiger partial charge in [-0.25, -0.2) is 0 Å². The Morgan fingerprint density at radius 3 is 2.60 bits per heavy atom. The molecule has 3 aliphatic heterocycles. The lowest BCUT2D eigenvalue weighted by Gasteiger charge is -2.29. The molecule has 0 N–H and O–H groups in total. The summed E-state index contributed by atoms with van der Waals surface area (Å²) in [5.41, 5.74) is -1.76. The van der Waals surface area contributed by atoms with Gasteiger partial charge in [-0.2, -0.15) is 13.2 Å². The van der Waals surface area contributed by atoms with Crippen LogP contribution >= 0.6 is 0 Å². The van der Waals surface area contributed by atoms with Gasteiger partial charge in [-0.1, -0.05) is 0 Å². The predicted molar refractivity (Wildman–Crippen MR) is 101 cm³/mol. The highest BCUT2D eigenvalue weighted by Gasteiger charge is 2.51. The fraction of sp³-hybridized carbons (Fsp3) is 0.650. The maximum atomic E-state index is 13.1. The molecule has 2 amide bonds. The molecule has 0 saturated carbocycles. The molecular weight excluding hydrogens is 401 g/mol. The summed E-state index contributed by atoms with van der Waals surface area (Å²) >= 11 is 0. The van der Waals surface area contributed by atoms with Gasteiger partial charge in [0.1, 0.15) is 5.69 Å². The third kappa shape index (κ3) is 4.15. The van der Waals surface area contributed by atoms with E-state index in [1.54, 1.807) is 0 Å². The first-order chi connectivity index (χ1) is 14.3. The molecule has 3 saturated heterocycles. The number of amides is 2. The van der Waals surface area contributed by atoms with E-state index >= 15 is 0 Å². The number of hydrogen-bond donors (Lipinski definition) is 0. The molecule has 4 heterocycles. The van der Waals surface area contributed by atoms with Crippen molar-refractivity contribution in [3.8, 4) is 0 Å². The number of ether oxygens (including phenoxy) is 1. The van der Waals surface area contributed by atoms with Crippen LogP contribution in [0.2, 0.25) is 0 Å². The summed E-state index contributed by atoms with van der Waals surface area (Å²) < 4.78 is 44.1. The molecule has 0 bridgehead atoms. The van der Waals surface area contributed by atoms with Crippen LogP contribution in [0.3, 0.4) is 0 Å². The zero-order valence-electron chi connectivity index (χ0n) is 16.7. The number of nitrogens with zero attached hydrogens (tertiary/aromatic N) is 4. The Labute approximate surface area is 172 Å². The fourth-order valence-corrected chi connectivity index (χ4v) is 4.50. The average Bonchev–Trinajstić information content (AvgIpc) is 3.31. The molecular formula is C20H25F3N4O3. The number of alkyl halides is 3. The monoisotopic (exact) mass is 426 g/mol. The second-order valence-electron chi connectivity index (χ2n) is 8.18. The van der Waals surface area contributed by atoms with E-state index in [0.717, 1.165) is 38.0 Å². The maximum absolute atomic E-state index is 13.1. The van der Waals surface area contributed by atoms with Crippen LogP contribution in [0.25, 0.3) is 0 Å². The molecule has 1 spiro atoms. The molecule has 1 atom stereocenters. The van der Waals surface area contributed by atoms with Crippen molar-refractivity contribution in [2.24, 2.45) is 5.41 Å². The van der Waals surface area contributed by atoms with Gasteiger partial charge in [0.2, 0.25) is 5.91 Å². The summed E-state index contributed by atoms with van der Waals surface area (Å²) in [6.45, 7) is 5.80. The number of aromatic nitrogens is 1. The summed E-state index contributed by atoms with van der Waals surface area (Å²) in [7, 11) is 0. The number of carbonyl (C=O) groups excluding carboxylic acids is 2. The molecule has 3 fully saturated rings. The number of carbonyl (C=O) groups is 2. The molecule has 7 nitrogen and oxygen atoms in total. The normalized spacial score (nSPS) is 25.5. The standard InChI is InChI=1S/C20H25F3N4O3/c21-20(22,23)15-1-4-24-16(13-15)17(28)27-6-3-19(14-27)2-5-26(18(19)29)8-7-25-9-11-30-12-10-25/h1,4,13H,2-3,5-12,14H2. The quantitative estimate of drug-likeness (QED) is 0.730. The lowest BCUT2D eigenvalue weighted by molar-refractivity contribution is -0.137. The number of pyridine rings is 1. The van der Waals surface area contributed by atoms with Crippen molar-refractivity contribution in [1.82, 2.24) is 19.7 Å². The second-order valence-corrected chi connectivity index (χ2v) is 8.18. The van der Waals surface area contributed by atoms with Crippen molar-refractivity contribution < 1.29 is 27.5 Å². The van der Waals surface area contributed by atoms with Crippen molar-refractivity contribution >= 4 is 11.8 Å². The Kier molecular flexibility index (Phi) is 5.71. The van der Waals surface area contributed by atoms with Crippen molar-refractivity contribution in [2.45, 2.75) is 19.0 Å². The number of halogens is 3.